The zero-order valence-corrected chi connectivity index (χ0v) is 41.6. The molecule has 0 spiro atoms. The van der Waals surface area contributed by atoms with E-state index in [-0.39, 0.29) is 54.3 Å². The summed E-state index contributed by atoms with van der Waals surface area (Å²) < 4.78 is 73.0. The van der Waals surface area contributed by atoms with Crippen LogP contribution in [-0.2, 0) is 76.3 Å². The van der Waals surface area contributed by atoms with E-state index in [0.717, 1.165) is 17.5 Å². The number of methoxy groups -OCH3 is 2. The Kier molecular flexibility index (Phi) is 18.5. The van der Waals surface area contributed by atoms with E-state index in [0.29, 0.717) is 31.5 Å². The molecular weight excluding hydrogens is 853 g/mol. The predicted molar refractivity (Wildman–Crippen MR) is 253 cm³/mol. The number of rotatable bonds is 18. The van der Waals surface area contributed by atoms with Crippen molar-refractivity contribution in [1.29, 1.82) is 0 Å². The summed E-state index contributed by atoms with van der Waals surface area (Å²) in [5.74, 6) is 0.0228. The molecule has 67 heavy (non-hydrogen) atoms. The molecule has 0 saturated carbocycles. The Hall–Kier alpha value is -3.27. The van der Waals surface area contributed by atoms with E-state index < -0.39 is 67.8 Å². The molecule has 12 nitrogen and oxygen atoms in total. The Labute approximate surface area is 399 Å². The Morgan fingerprint density at radius 3 is 1.40 bits per heavy atom. The summed E-state index contributed by atoms with van der Waals surface area (Å²) in [7, 11) is 3.40. The van der Waals surface area contributed by atoms with Gasteiger partial charge in [0.15, 0.2) is 25.2 Å². The Bertz CT molecular complexity index is 1920. The summed E-state index contributed by atoms with van der Waals surface area (Å²) in [6.07, 6.45) is -4.28. The van der Waals surface area contributed by atoms with Gasteiger partial charge in [0, 0.05) is 51.2 Å². The summed E-state index contributed by atoms with van der Waals surface area (Å²) >= 11 is 0. The third kappa shape index (κ3) is 12.6. The molecule has 4 aliphatic heterocycles. The molecule has 0 amide bonds. The second-order valence-corrected chi connectivity index (χ2v) is 20.0. The Morgan fingerprint density at radius 2 is 0.866 bits per heavy atom. The van der Waals surface area contributed by atoms with E-state index in [1.54, 1.807) is 14.2 Å². The lowest BCUT2D eigenvalue weighted by Crippen LogP contribution is -2.62. The van der Waals surface area contributed by atoms with Crippen molar-refractivity contribution < 1.29 is 56.9 Å². The molecule has 12 heteroatoms. The van der Waals surface area contributed by atoms with Crippen LogP contribution >= 0.6 is 0 Å². The van der Waals surface area contributed by atoms with Gasteiger partial charge < -0.3 is 52.1 Å². The van der Waals surface area contributed by atoms with Gasteiger partial charge in [-0.1, -0.05) is 146 Å². The van der Waals surface area contributed by atoms with Crippen molar-refractivity contribution in [2.75, 3.05) is 27.4 Å². The quantitative estimate of drug-likeness (QED) is 0.113. The molecule has 4 fully saturated rings. The molecule has 20 atom stereocenters. The van der Waals surface area contributed by atoms with Gasteiger partial charge in [0.1, 0.15) is 24.9 Å². The van der Waals surface area contributed by atoms with Crippen molar-refractivity contribution in [3.8, 4) is 0 Å². The highest BCUT2D eigenvalue weighted by atomic mass is 16.8. The van der Waals surface area contributed by atoms with Gasteiger partial charge in [0.05, 0.1) is 43.7 Å². The van der Waals surface area contributed by atoms with E-state index in [2.05, 4.69) is 91.8 Å². The van der Waals surface area contributed by atoms with Crippen molar-refractivity contribution >= 4 is 5.97 Å². The van der Waals surface area contributed by atoms with Crippen LogP contribution in [-0.4, -0.2) is 107 Å². The van der Waals surface area contributed by atoms with Crippen LogP contribution in [0.4, 0.5) is 0 Å². The molecule has 4 aliphatic rings. The third-order valence-corrected chi connectivity index (χ3v) is 15.6. The second kappa shape index (κ2) is 24.0. The zero-order valence-electron chi connectivity index (χ0n) is 41.6. The van der Waals surface area contributed by atoms with Gasteiger partial charge in [0.2, 0.25) is 0 Å². The lowest BCUT2D eigenvalue weighted by atomic mass is 9.77. The molecule has 8 unspecified atom stereocenters. The van der Waals surface area contributed by atoms with Crippen LogP contribution in [0.15, 0.2) is 91.0 Å². The van der Waals surface area contributed by atoms with Crippen molar-refractivity contribution in [3.05, 3.63) is 108 Å². The monoisotopic (exact) mass is 931 g/mol. The van der Waals surface area contributed by atoms with Crippen molar-refractivity contribution in [1.82, 2.24) is 0 Å². The molecule has 7 rings (SSSR count). The van der Waals surface area contributed by atoms with Crippen LogP contribution in [0, 0.1) is 47.3 Å². The van der Waals surface area contributed by atoms with Crippen molar-refractivity contribution in [2.45, 2.75) is 156 Å². The standard InChI is InChI=1S/C55H78O12/c1-32-33(2)44(27-41-21-15-12-16-22-41)61-53(36(32)5)65-49-35(4)38(7)54(64-47(49)31-60-40(9)56)67-51-45(28-42-23-17-13-18-24-42)62-55(39(8)50(51)57-10)66-48-34(3)37(6)52(58-11)63-46(48)30-59-29-43-25-19-14-20-26-43/h12-26,32-39,44-55H,27-31H2,1-11H3/t32-,33+,34+,35?,36?,37?,38?,39?,44?,45-,46?,47+,48+,49-,50?,51+,52+,53-,54+,55+/m0/s1. The molecule has 4 heterocycles. The fourth-order valence-corrected chi connectivity index (χ4v) is 10.6. The number of benzene rings is 3. The van der Waals surface area contributed by atoms with E-state index >= 15 is 0 Å². The van der Waals surface area contributed by atoms with Gasteiger partial charge in [-0.05, 0) is 46.8 Å². The lowest BCUT2D eigenvalue weighted by molar-refractivity contribution is -0.367. The minimum absolute atomic E-state index is 0.00623. The normalized spacial score (nSPS) is 39.1. The largest absolute Gasteiger partial charge is 0.463 e. The summed E-state index contributed by atoms with van der Waals surface area (Å²) in [5, 5.41) is 0. The lowest BCUT2D eigenvalue weighted by Gasteiger charge is -2.52. The molecule has 0 aliphatic carbocycles. The molecule has 4 saturated heterocycles. The van der Waals surface area contributed by atoms with Gasteiger partial charge in [-0.25, -0.2) is 0 Å². The average Bonchev–Trinajstić information content (AvgIpc) is 3.33. The first kappa shape index (κ1) is 51.6. The molecule has 370 valence electrons. The van der Waals surface area contributed by atoms with Crippen molar-refractivity contribution in [2.24, 2.45) is 47.3 Å². The first-order chi connectivity index (χ1) is 32.3. The first-order valence-electron chi connectivity index (χ1n) is 24.7. The van der Waals surface area contributed by atoms with Gasteiger partial charge in [-0.15, -0.1) is 0 Å². The maximum absolute atomic E-state index is 12.3. The molecule has 3 aromatic carbocycles. The fourth-order valence-electron chi connectivity index (χ4n) is 10.6. The number of carbonyl (C=O) groups excluding carboxylic acids is 1. The highest BCUT2D eigenvalue weighted by Crippen LogP contribution is 2.43. The Morgan fingerprint density at radius 1 is 0.433 bits per heavy atom. The summed E-state index contributed by atoms with van der Waals surface area (Å²) in [4.78, 5) is 12.3. The third-order valence-electron chi connectivity index (χ3n) is 15.6. The molecule has 0 N–H and O–H groups in total. The molecule has 0 aromatic heterocycles. The number of esters is 1. The van der Waals surface area contributed by atoms with E-state index in [9.17, 15) is 4.79 Å². The number of hydrogen-bond acceptors (Lipinski definition) is 12. The van der Waals surface area contributed by atoms with Crippen LogP contribution in [0.25, 0.3) is 0 Å². The minimum Gasteiger partial charge on any atom is -0.463 e. The average molecular weight is 931 g/mol. The highest BCUT2D eigenvalue weighted by molar-refractivity contribution is 5.65. The van der Waals surface area contributed by atoms with Gasteiger partial charge in [0.25, 0.3) is 0 Å². The Balaban J connectivity index is 1.10. The van der Waals surface area contributed by atoms with Crippen LogP contribution < -0.4 is 0 Å². The maximum Gasteiger partial charge on any atom is 0.302 e. The molecular formula is C55H78O12. The zero-order chi connectivity index (χ0) is 47.8. The van der Waals surface area contributed by atoms with E-state index in [4.69, 9.17) is 52.1 Å². The van der Waals surface area contributed by atoms with Gasteiger partial charge in [-0.2, -0.15) is 0 Å². The second-order valence-electron chi connectivity index (χ2n) is 20.0. The maximum atomic E-state index is 12.3. The molecule has 0 bridgehead atoms. The highest BCUT2D eigenvalue weighted by Gasteiger charge is 2.53. The van der Waals surface area contributed by atoms with Crippen molar-refractivity contribution in [3.63, 3.8) is 0 Å². The smallest absolute Gasteiger partial charge is 0.302 e. The summed E-state index contributed by atoms with van der Waals surface area (Å²) in [5.41, 5.74) is 3.40. The predicted octanol–water partition coefficient (Wildman–Crippen LogP) is 9.06. The minimum atomic E-state index is -0.705. The number of hydrogen-bond donors (Lipinski definition) is 0. The molecule has 0 radical (unpaired) electrons. The summed E-state index contributed by atoms with van der Waals surface area (Å²) in [6.45, 7) is 19.6. The van der Waals surface area contributed by atoms with Crippen LogP contribution in [0.2, 0.25) is 0 Å². The SMILES string of the molecule is COC1C(C)[C@@H](O[C@H]2C(COCc3ccccc3)O[C@@H](OC)C(C)[C@H]2C)O[C@@H](Cc2ccccc2)[C@H]1O[C@H]1O[C@H](COC(C)=O)[C@@H](O[C@@H]2OC(Cc3ccccc3)[C@H](C)[C@H](C)C2C)C(C)C1C. The van der Waals surface area contributed by atoms with Crippen LogP contribution in [0.3, 0.4) is 0 Å². The van der Waals surface area contributed by atoms with Gasteiger partial charge >= 0.3 is 5.97 Å². The number of ether oxygens (including phenoxy) is 11. The van der Waals surface area contributed by atoms with Crippen LogP contribution in [0.5, 0.6) is 0 Å². The van der Waals surface area contributed by atoms with Gasteiger partial charge in [-0.3, -0.25) is 4.79 Å². The first-order valence-corrected chi connectivity index (χ1v) is 24.7. The topological polar surface area (TPSA) is 119 Å². The molecule has 3 aromatic rings. The van der Waals surface area contributed by atoms with E-state index in [1.807, 2.05) is 54.6 Å². The fraction of sp³-hybridized carbons (Fsp3) is 0.655. The van der Waals surface area contributed by atoms with Crippen LogP contribution in [0.1, 0.15) is 79.0 Å². The number of carbonyl (C=O) groups is 1. The van der Waals surface area contributed by atoms with E-state index in [1.165, 1.54) is 12.5 Å². The summed E-state index contributed by atoms with van der Waals surface area (Å²) in [6, 6.07) is 30.8.